The summed E-state index contributed by atoms with van der Waals surface area (Å²) in [5.74, 6) is -1.86. The van der Waals surface area contributed by atoms with Crippen LogP contribution >= 0.6 is 23.2 Å². The molecule has 1 aliphatic rings. The van der Waals surface area contributed by atoms with Gasteiger partial charge in [0.2, 0.25) is 5.91 Å². The van der Waals surface area contributed by atoms with Crippen LogP contribution in [0, 0.1) is 5.92 Å². The van der Waals surface area contributed by atoms with Crippen molar-refractivity contribution < 1.29 is 19.1 Å². The molecule has 2 aromatic rings. The molecule has 0 radical (unpaired) electrons. The van der Waals surface area contributed by atoms with Crippen LogP contribution in [0.5, 0.6) is 0 Å². The van der Waals surface area contributed by atoms with Gasteiger partial charge >= 0.3 is 5.97 Å². The van der Waals surface area contributed by atoms with Crippen LogP contribution in [0.25, 0.3) is 0 Å². The molecule has 1 fully saturated rings. The molecule has 0 bridgehead atoms. The maximum atomic E-state index is 12.3. The fraction of sp³-hybridized carbons (Fsp3) is 0.286. The Balaban J connectivity index is 1.52. The Morgan fingerprint density at radius 2 is 1.90 bits per heavy atom. The first kappa shape index (κ1) is 21.1. The van der Waals surface area contributed by atoms with Gasteiger partial charge in [-0.1, -0.05) is 42.3 Å². The monoisotopic (exact) mass is 434 g/mol. The number of carbonyl (C=O) groups is 3. The smallest absolute Gasteiger partial charge is 0.311 e. The number of ether oxygens (including phenoxy) is 1. The minimum Gasteiger partial charge on any atom is -0.455 e. The molecule has 8 heteroatoms. The predicted octanol–water partition coefficient (Wildman–Crippen LogP) is 4.09. The van der Waals surface area contributed by atoms with E-state index in [1.807, 2.05) is 24.3 Å². The van der Waals surface area contributed by atoms with Crippen molar-refractivity contribution in [1.29, 1.82) is 0 Å². The minimum absolute atomic E-state index is 0.0546. The number of esters is 1. The number of hydrogen-bond donors (Lipinski definition) is 1. The number of amides is 2. The molecule has 2 amide bonds. The van der Waals surface area contributed by atoms with Gasteiger partial charge in [-0.2, -0.15) is 0 Å². The summed E-state index contributed by atoms with van der Waals surface area (Å²) in [6.07, 6.45) is 0.964. The summed E-state index contributed by atoms with van der Waals surface area (Å²) >= 11 is 11.8. The first-order valence-corrected chi connectivity index (χ1v) is 9.93. The van der Waals surface area contributed by atoms with Crippen LogP contribution in [-0.4, -0.2) is 30.9 Å². The van der Waals surface area contributed by atoms with E-state index >= 15 is 0 Å². The lowest BCUT2D eigenvalue weighted by Crippen LogP contribution is -2.28. The fourth-order valence-corrected chi connectivity index (χ4v) is 3.51. The molecule has 1 saturated heterocycles. The van der Waals surface area contributed by atoms with E-state index in [0.29, 0.717) is 10.7 Å². The molecule has 1 atom stereocenters. The number of nitrogens with one attached hydrogen (secondary N) is 1. The van der Waals surface area contributed by atoms with Crippen molar-refractivity contribution in [2.24, 2.45) is 5.92 Å². The molecule has 0 aliphatic carbocycles. The number of benzene rings is 2. The van der Waals surface area contributed by atoms with Crippen molar-refractivity contribution in [3.8, 4) is 0 Å². The number of hydrogen-bond acceptors (Lipinski definition) is 4. The highest BCUT2D eigenvalue weighted by Gasteiger charge is 2.36. The first-order chi connectivity index (χ1) is 13.9. The molecule has 152 valence electrons. The van der Waals surface area contributed by atoms with Gasteiger partial charge in [0, 0.05) is 23.7 Å². The number of carbonyl (C=O) groups excluding carboxylic acids is 3. The van der Waals surface area contributed by atoms with Crippen molar-refractivity contribution in [3.05, 3.63) is 58.1 Å². The quantitative estimate of drug-likeness (QED) is 0.694. The number of nitrogens with zero attached hydrogens (tertiary/aromatic N) is 1. The lowest BCUT2D eigenvalue weighted by atomic mass is 10.1. The van der Waals surface area contributed by atoms with E-state index < -0.39 is 24.4 Å². The highest BCUT2D eigenvalue weighted by Crippen LogP contribution is 2.27. The van der Waals surface area contributed by atoms with E-state index in [-0.39, 0.29) is 23.9 Å². The Morgan fingerprint density at radius 1 is 1.17 bits per heavy atom. The van der Waals surface area contributed by atoms with Gasteiger partial charge in [-0.25, -0.2) is 0 Å². The topological polar surface area (TPSA) is 75.7 Å². The number of anilines is 2. The number of rotatable bonds is 6. The van der Waals surface area contributed by atoms with E-state index in [1.165, 1.54) is 11.6 Å². The maximum Gasteiger partial charge on any atom is 0.311 e. The summed E-state index contributed by atoms with van der Waals surface area (Å²) in [5, 5.41) is 3.28. The second-order valence-electron chi connectivity index (χ2n) is 6.71. The fourth-order valence-electron chi connectivity index (χ4n) is 3.06. The number of halogens is 2. The zero-order chi connectivity index (χ0) is 21.0. The van der Waals surface area contributed by atoms with Crippen LogP contribution in [0.4, 0.5) is 11.4 Å². The van der Waals surface area contributed by atoms with E-state index in [2.05, 4.69) is 12.2 Å². The van der Waals surface area contributed by atoms with Gasteiger partial charge < -0.3 is 15.0 Å². The zero-order valence-corrected chi connectivity index (χ0v) is 17.3. The van der Waals surface area contributed by atoms with Crippen molar-refractivity contribution >= 4 is 52.4 Å². The summed E-state index contributed by atoms with van der Waals surface area (Å²) < 4.78 is 5.09. The lowest BCUT2D eigenvalue weighted by molar-refractivity contribution is -0.151. The summed E-state index contributed by atoms with van der Waals surface area (Å²) in [5.41, 5.74) is 2.29. The minimum atomic E-state index is -0.611. The van der Waals surface area contributed by atoms with E-state index in [0.717, 1.165) is 12.1 Å². The zero-order valence-electron chi connectivity index (χ0n) is 15.8. The van der Waals surface area contributed by atoms with Gasteiger partial charge in [-0.15, -0.1) is 0 Å². The molecule has 0 spiro atoms. The Kier molecular flexibility index (Phi) is 6.77. The van der Waals surface area contributed by atoms with Crippen molar-refractivity contribution in [1.82, 2.24) is 0 Å². The van der Waals surface area contributed by atoms with Gasteiger partial charge in [0.15, 0.2) is 6.61 Å². The third-order valence-electron chi connectivity index (χ3n) is 4.67. The van der Waals surface area contributed by atoms with Crippen LogP contribution in [0.15, 0.2) is 42.5 Å². The molecule has 3 rings (SSSR count). The maximum absolute atomic E-state index is 12.3. The molecular weight excluding hydrogens is 415 g/mol. The third kappa shape index (κ3) is 5.28. The summed E-state index contributed by atoms with van der Waals surface area (Å²) in [4.78, 5) is 38.2. The van der Waals surface area contributed by atoms with Gasteiger partial charge in [0.05, 0.1) is 16.6 Å². The molecule has 2 aromatic carbocycles. The van der Waals surface area contributed by atoms with Crippen LogP contribution in [0.3, 0.4) is 0 Å². The van der Waals surface area contributed by atoms with Crippen LogP contribution in [-0.2, 0) is 25.5 Å². The molecule has 0 aromatic heterocycles. The second kappa shape index (κ2) is 9.29. The largest absolute Gasteiger partial charge is 0.455 e. The highest BCUT2D eigenvalue weighted by molar-refractivity contribution is 6.36. The predicted molar refractivity (Wildman–Crippen MR) is 112 cm³/mol. The SMILES string of the molecule is CCc1ccc(N2C[C@@H](C(=O)OCC(=O)Nc3ccc(Cl)cc3Cl)CC2=O)cc1. The van der Waals surface area contributed by atoms with E-state index in [1.54, 1.807) is 17.0 Å². The first-order valence-electron chi connectivity index (χ1n) is 9.18. The van der Waals surface area contributed by atoms with Crippen molar-refractivity contribution in [2.45, 2.75) is 19.8 Å². The normalized spacial score (nSPS) is 16.0. The lowest BCUT2D eigenvalue weighted by Gasteiger charge is -2.17. The molecule has 0 unspecified atom stereocenters. The van der Waals surface area contributed by atoms with Crippen LogP contribution in [0.2, 0.25) is 10.0 Å². The Bertz CT molecular complexity index is 931. The summed E-state index contributed by atoms with van der Waals surface area (Å²) in [7, 11) is 0. The average molecular weight is 435 g/mol. The molecule has 29 heavy (non-hydrogen) atoms. The van der Waals surface area contributed by atoms with E-state index in [9.17, 15) is 14.4 Å². The molecule has 6 nitrogen and oxygen atoms in total. The van der Waals surface area contributed by atoms with Crippen LogP contribution in [0.1, 0.15) is 18.9 Å². The molecule has 1 heterocycles. The Labute approximate surface area is 178 Å². The van der Waals surface area contributed by atoms with Gasteiger partial charge in [0.25, 0.3) is 5.91 Å². The van der Waals surface area contributed by atoms with Crippen molar-refractivity contribution in [2.75, 3.05) is 23.4 Å². The summed E-state index contributed by atoms with van der Waals surface area (Å²) in [6, 6.07) is 12.3. The second-order valence-corrected chi connectivity index (χ2v) is 7.55. The highest BCUT2D eigenvalue weighted by atomic mass is 35.5. The summed E-state index contributed by atoms with van der Waals surface area (Å²) in [6.45, 7) is 1.82. The van der Waals surface area contributed by atoms with Gasteiger partial charge in [0.1, 0.15) is 0 Å². The molecule has 1 aliphatic heterocycles. The molecular formula is C21H20Cl2N2O4. The average Bonchev–Trinajstić information content (AvgIpc) is 3.10. The van der Waals surface area contributed by atoms with Crippen LogP contribution < -0.4 is 10.2 Å². The Morgan fingerprint density at radius 3 is 2.55 bits per heavy atom. The third-order valence-corrected chi connectivity index (χ3v) is 5.21. The Hall–Kier alpha value is -2.57. The molecule has 0 saturated carbocycles. The molecule has 1 N–H and O–H groups in total. The van der Waals surface area contributed by atoms with Gasteiger partial charge in [-0.3, -0.25) is 14.4 Å². The number of aryl methyl sites for hydroxylation is 1. The standard InChI is InChI=1S/C21H20Cl2N2O4/c1-2-13-3-6-16(7-4-13)25-11-14(9-20(25)27)21(28)29-12-19(26)24-18-8-5-15(22)10-17(18)23/h3-8,10,14H,2,9,11-12H2,1H3,(H,24,26)/t14-/m0/s1. The van der Waals surface area contributed by atoms with E-state index in [4.69, 9.17) is 27.9 Å². The van der Waals surface area contributed by atoms with Gasteiger partial charge in [-0.05, 0) is 42.3 Å². The van der Waals surface area contributed by atoms with Crippen molar-refractivity contribution in [3.63, 3.8) is 0 Å².